The van der Waals surface area contributed by atoms with Gasteiger partial charge in [0.25, 0.3) is 5.91 Å². The monoisotopic (exact) mass is 517 g/mol. The Kier molecular flexibility index (Phi) is 6.56. The largest absolute Gasteiger partial charge is 0.298 e. The molecule has 3 aromatic carbocycles. The molecule has 2 aromatic heterocycles. The lowest BCUT2D eigenvalue weighted by molar-refractivity contribution is 0.102. The Morgan fingerprint density at radius 3 is 2.51 bits per heavy atom. The van der Waals surface area contributed by atoms with Gasteiger partial charge >= 0.3 is 0 Å². The van der Waals surface area contributed by atoms with E-state index < -0.39 is 0 Å². The first-order valence-electron chi connectivity index (χ1n) is 11.2. The fourth-order valence-electron chi connectivity index (χ4n) is 4.08. The number of thiazole rings is 1. The molecular weight excluding hydrogens is 497 g/mol. The number of carbonyl (C=O) groups is 1. The number of nitrogens with zero attached hydrogens (tertiary/aromatic N) is 2. The van der Waals surface area contributed by atoms with E-state index in [0.717, 1.165) is 34.2 Å². The summed E-state index contributed by atoms with van der Waals surface area (Å²) in [4.78, 5) is 23.0. The standard InChI is InChI=1S/C28H21Cl2N3OS/c1-3-17-8-10-18(11-9-17)24-15-35-28(32-24)33-27(34)25-16(2)26(20-13-12-19(29)14-22(20)30)31-23-7-5-4-6-21(23)25/h4-15H,3H2,1-2H3,(H,32,33,34). The average Bonchev–Trinajstić information content (AvgIpc) is 3.32. The molecule has 4 nitrogen and oxygen atoms in total. The molecule has 2 heterocycles. The topological polar surface area (TPSA) is 54.9 Å². The number of amides is 1. The van der Waals surface area contributed by atoms with Gasteiger partial charge in [-0.3, -0.25) is 10.1 Å². The first-order chi connectivity index (χ1) is 16.9. The molecular formula is C28H21Cl2N3OS. The van der Waals surface area contributed by atoms with Crippen LogP contribution in [0.1, 0.15) is 28.4 Å². The number of aryl methyl sites for hydroxylation is 1. The third kappa shape index (κ3) is 4.67. The van der Waals surface area contributed by atoms with E-state index in [-0.39, 0.29) is 5.91 Å². The minimum absolute atomic E-state index is 0.241. The predicted octanol–water partition coefficient (Wildman–Crippen LogP) is 8.46. The lowest BCUT2D eigenvalue weighted by atomic mass is 9.97. The van der Waals surface area contributed by atoms with Gasteiger partial charge in [0, 0.05) is 26.9 Å². The molecule has 0 atom stereocenters. The summed E-state index contributed by atoms with van der Waals surface area (Å²) < 4.78 is 0. The number of benzene rings is 3. The Balaban J connectivity index is 1.53. The van der Waals surface area contributed by atoms with E-state index in [2.05, 4.69) is 41.5 Å². The lowest BCUT2D eigenvalue weighted by Gasteiger charge is -2.15. The summed E-state index contributed by atoms with van der Waals surface area (Å²) in [7, 11) is 0. The molecule has 174 valence electrons. The van der Waals surface area contributed by atoms with Crippen molar-refractivity contribution in [2.45, 2.75) is 20.3 Å². The zero-order valence-corrected chi connectivity index (χ0v) is 21.4. The van der Waals surface area contributed by atoms with Crippen LogP contribution in [0.4, 0.5) is 5.13 Å². The number of hydrogen-bond acceptors (Lipinski definition) is 4. The van der Waals surface area contributed by atoms with Crippen LogP contribution in [0, 0.1) is 6.92 Å². The van der Waals surface area contributed by atoms with Gasteiger partial charge in [-0.15, -0.1) is 11.3 Å². The summed E-state index contributed by atoms with van der Waals surface area (Å²) in [5, 5.41) is 7.27. The van der Waals surface area contributed by atoms with Crippen molar-refractivity contribution in [1.29, 1.82) is 0 Å². The van der Waals surface area contributed by atoms with Crippen molar-refractivity contribution < 1.29 is 4.79 Å². The van der Waals surface area contributed by atoms with Gasteiger partial charge < -0.3 is 0 Å². The number of fused-ring (bicyclic) bond motifs is 1. The second kappa shape index (κ2) is 9.78. The normalized spacial score (nSPS) is 11.1. The van der Waals surface area contributed by atoms with E-state index in [1.54, 1.807) is 12.1 Å². The maximum Gasteiger partial charge on any atom is 0.258 e. The highest BCUT2D eigenvalue weighted by molar-refractivity contribution is 7.14. The Labute approximate surface area is 217 Å². The molecule has 0 unspecified atom stereocenters. The molecule has 1 amide bonds. The molecule has 5 aromatic rings. The molecule has 0 saturated carbocycles. The SMILES string of the molecule is CCc1ccc(-c2csc(NC(=O)c3c(C)c(-c4ccc(Cl)cc4Cl)nc4ccccc34)n2)cc1. The summed E-state index contributed by atoms with van der Waals surface area (Å²) in [5.74, 6) is -0.241. The van der Waals surface area contributed by atoms with E-state index in [0.29, 0.717) is 32.0 Å². The van der Waals surface area contributed by atoms with Gasteiger partial charge in [-0.25, -0.2) is 9.97 Å². The molecule has 0 spiro atoms. The van der Waals surface area contributed by atoms with Crippen LogP contribution in [0.25, 0.3) is 33.4 Å². The van der Waals surface area contributed by atoms with Gasteiger partial charge in [0.2, 0.25) is 0 Å². The summed E-state index contributed by atoms with van der Waals surface area (Å²) in [5.41, 5.74) is 6.47. The molecule has 1 N–H and O–H groups in total. The highest BCUT2D eigenvalue weighted by atomic mass is 35.5. The molecule has 0 bridgehead atoms. The van der Waals surface area contributed by atoms with Gasteiger partial charge in [0.15, 0.2) is 5.13 Å². The minimum Gasteiger partial charge on any atom is -0.298 e. The molecule has 0 aliphatic heterocycles. The second-order valence-electron chi connectivity index (χ2n) is 8.14. The van der Waals surface area contributed by atoms with Crippen molar-refractivity contribution in [3.05, 3.63) is 98.8 Å². The van der Waals surface area contributed by atoms with Crippen LogP contribution in [0.2, 0.25) is 10.0 Å². The van der Waals surface area contributed by atoms with E-state index >= 15 is 0 Å². The minimum atomic E-state index is -0.241. The van der Waals surface area contributed by atoms with Crippen molar-refractivity contribution >= 4 is 56.5 Å². The molecule has 0 aliphatic rings. The summed E-state index contributed by atoms with van der Waals surface area (Å²) in [6.07, 6.45) is 0.987. The number of para-hydroxylation sites is 1. The van der Waals surface area contributed by atoms with Gasteiger partial charge in [-0.2, -0.15) is 0 Å². The number of carbonyl (C=O) groups excluding carboxylic acids is 1. The van der Waals surface area contributed by atoms with Crippen LogP contribution in [0.3, 0.4) is 0 Å². The fourth-order valence-corrected chi connectivity index (χ4v) is 5.29. The first-order valence-corrected chi connectivity index (χ1v) is 12.8. The maximum absolute atomic E-state index is 13.6. The van der Waals surface area contributed by atoms with Crippen LogP contribution in [-0.2, 0) is 6.42 Å². The Bertz CT molecular complexity index is 1560. The number of nitrogens with one attached hydrogen (secondary N) is 1. The number of pyridine rings is 1. The molecule has 35 heavy (non-hydrogen) atoms. The average molecular weight is 518 g/mol. The summed E-state index contributed by atoms with van der Waals surface area (Å²) in [6.45, 7) is 4.01. The van der Waals surface area contributed by atoms with E-state index in [9.17, 15) is 4.79 Å². The Hall–Kier alpha value is -3.25. The number of anilines is 1. The zero-order valence-electron chi connectivity index (χ0n) is 19.1. The van der Waals surface area contributed by atoms with E-state index in [1.807, 2.05) is 42.6 Å². The van der Waals surface area contributed by atoms with Gasteiger partial charge in [-0.05, 0) is 48.7 Å². The number of rotatable bonds is 5. The van der Waals surface area contributed by atoms with Crippen molar-refractivity contribution in [3.8, 4) is 22.5 Å². The Morgan fingerprint density at radius 2 is 1.77 bits per heavy atom. The number of halogens is 2. The molecule has 0 fully saturated rings. The molecule has 0 radical (unpaired) electrons. The predicted molar refractivity (Wildman–Crippen MR) is 147 cm³/mol. The van der Waals surface area contributed by atoms with Gasteiger partial charge in [-0.1, -0.05) is 72.6 Å². The molecule has 7 heteroatoms. The lowest BCUT2D eigenvalue weighted by Crippen LogP contribution is -2.15. The van der Waals surface area contributed by atoms with Crippen molar-refractivity contribution in [3.63, 3.8) is 0 Å². The van der Waals surface area contributed by atoms with Crippen LogP contribution in [0.15, 0.2) is 72.1 Å². The second-order valence-corrected chi connectivity index (χ2v) is 9.85. The number of aromatic nitrogens is 2. The molecule has 0 aliphatic carbocycles. The highest BCUT2D eigenvalue weighted by Crippen LogP contribution is 2.35. The summed E-state index contributed by atoms with van der Waals surface area (Å²) in [6, 6.07) is 21.2. The van der Waals surface area contributed by atoms with Crippen molar-refractivity contribution in [2.24, 2.45) is 0 Å². The van der Waals surface area contributed by atoms with Gasteiger partial charge in [0.1, 0.15) is 0 Å². The quantitative estimate of drug-likeness (QED) is 0.254. The van der Waals surface area contributed by atoms with Crippen LogP contribution < -0.4 is 5.32 Å². The zero-order chi connectivity index (χ0) is 24.5. The van der Waals surface area contributed by atoms with Crippen LogP contribution in [0.5, 0.6) is 0 Å². The molecule has 5 rings (SSSR count). The first kappa shape index (κ1) is 23.5. The van der Waals surface area contributed by atoms with Crippen molar-refractivity contribution in [2.75, 3.05) is 5.32 Å². The molecule has 0 saturated heterocycles. The highest BCUT2D eigenvalue weighted by Gasteiger charge is 2.21. The smallest absolute Gasteiger partial charge is 0.258 e. The fraction of sp³-hybridized carbons (Fsp3) is 0.107. The third-order valence-electron chi connectivity index (χ3n) is 5.93. The van der Waals surface area contributed by atoms with E-state index in [1.165, 1.54) is 16.9 Å². The van der Waals surface area contributed by atoms with Crippen LogP contribution >= 0.6 is 34.5 Å². The number of hydrogen-bond donors (Lipinski definition) is 1. The maximum atomic E-state index is 13.6. The van der Waals surface area contributed by atoms with Crippen molar-refractivity contribution in [1.82, 2.24) is 9.97 Å². The Morgan fingerprint density at radius 1 is 1.00 bits per heavy atom. The van der Waals surface area contributed by atoms with Gasteiger partial charge in [0.05, 0.1) is 27.5 Å². The summed E-state index contributed by atoms with van der Waals surface area (Å²) >= 11 is 14.0. The van der Waals surface area contributed by atoms with Crippen LogP contribution in [-0.4, -0.2) is 15.9 Å². The third-order valence-corrected chi connectivity index (χ3v) is 7.24. The van der Waals surface area contributed by atoms with E-state index in [4.69, 9.17) is 28.2 Å².